The minimum Gasteiger partial charge on any atom is -0.309 e. The van der Waals surface area contributed by atoms with Crippen LogP contribution in [0.1, 0.15) is 31.7 Å². The molecule has 1 aliphatic rings. The summed E-state index contributed by atoms with van der Waals surface area (Å²) in [5, 5.41) is 4.48. The van der Waals surface area contributed by atoms with Crippen molar-refractivity contribution in [2.24, 2.45) is 0 Å². The van der Waals surface area contributed by atoms with Crippen LogP contribution in [-0.2, 0) is 6.54 Å². The zero-order valence-corrected chi connectivity index (χ0v) is 12.6. The van der Waals surface area contributed by atoms with Crippen LogP contribution < -0.4 is 5.32 Å². The highest BCUT2D eigenvalue weighted by molar-refractivity contribution is 9.10. The molecule has 2 rings (SSSR count). The van der Waals surface area contributed by atoms with E-state index in [4.69, 9.17) is 0 Å². The average molecular weight is 315 g/mol. The van der Waals surface area contributed by atoms with E-state index in [1.807, 2.05) is 12.4 Å². The highest BCUT2D eigenvalue weighted by atomic mass is 79.9. The molecule has 0 amide bonds. The summed E-state index contributed by atoms with van der Waals surface area (Å²) in [6, 6.07) is 2.82. The van der Waals surface area contributed by atoms with Crippen LogP contribution in [0, 0.1) is 0 Å². The van der Waals surface area contributed by atoms with Gasteiger partial charge in [-0.05, 0) is 46.2 Å². The smallest absolute Gasteiger partial charge is 0.0410 e. The molecule has 2 unspecified atom stereocenters. The predicted octanol–water partition coefficient (Wildman–Crippen LogP) is 3.61. The lowest BCUT2D eigenvalue weighted by atomic mass is 10.2. The maximum atomic E-state index is 4.19. The third-order valence-electron chi connectivity index (χ3n) is 3.16. The van der Waals surface area contributed by atoms with Crippen LogP contribution in [-0.4, -0.2) is 22.0 Å². The Morgan fingerprint density at radius 1 is 1.47 bits per heavy atom. The van der Waals surface area contributed by atoms with Gasteiger partial charge in [0.05, 0.1) is 0 Å². The fraction of sp³-hybridized carbons (Fsp3) is 0.615. The molecule has 0 spiro atoms. The maximum Gasteiger partial charge on any atom is 0.0410 e. The van der Waals surface area contributed by atoms with Crippen LogP contribution in [0.15, 0.2) is 22.9 Å². The third-order valence-corrected chi connectivity index (χ3v) is 4.92. The van der Waals surface area contributed by atoms with Gasteiger partial charge in [0, 0.05) is 34.7 Å². The zero-order chi connectivity index (χ0) is 12.1. The first kappa shape index (κ1) is 13.4. The highest BCUT2D eigenvalue weighted by Gasteiger charge is 2.26. The molecule has 1 N–H and O–H groups in total. The molecule has 2 nitrogen and oxygen atoms in total. The van der Waals surface area contributed by atoms with Crippen molar-refractivity contribution in [2.75, 3.05) is 5.75 Å². The van der Waals surface area contributed by atoms with Gasteiger partial charge in [-0.3, -0.25) is 4.98 Å². The molecule has 1 aromatic rings. The summed E-state index contributed by atoms with van der Waals surface area (Å²) in [7, 11) is 0. The molecule has 94 valence electrons. The molecule has 1 heterocycles. The van der Waals surface area contributed by atoms with Crippen LogP contribution in [0.3, 0.4) is 0 Å². The van der Waals surface area contributed by atoms with Crippen LogP contribution in [0.25, 0.3) is 0 Å². The molecule has 0 aliphatic heterocycles. The van der Waals surface area contributed by atoms with Crippen molar-refractivity contribution in [3.8, 4) is 0 Å². The molecule has 2 atom stereocenters. The summed E-state index contributed by atoms with van der Waals surface area (Å²) in [6.45, 7) is 3.18. The van der Waals surface area contributed by atoms with E-state index in [0.717, 1.165) is 16.3 Å². The molecule has 1 aliphatic carbocycles. The van der Waals surface area contributed by atoms with E-state index in [0.29, 0.717) is 6.04 Å². The SMILES string of the molecule is CCSC1CCCC1NCc1cncc(Br)c1. The Morgan fingerprint density at radius 2 is 2.35 bits per heavy atom. The summed E-state index contributed by atoms with van der Waals surface area (Å²) in [5.41, 5.74) is 1.26. The molecular weight excluding hydrogens is 296 g/mol. The van der Waals surface area contributed by atoms with Crippen LogP contribution >= 0.6 is 27.7 Å². The van der Waals surface area contributed by atoms with E-state index in [1.54, 1.807) is 0 Å². The van der Waals surface area contributed by atoms with Gasteiger partial charge < -0.3 is 5.32 Å². The second-order valence-electron chi connectivity index (χ2n) is 4.42. The van der Waals surface area contributed by atoms with Crippen molar-refractivity contribution < 1.29 is 0 Å². The van der Waals surface area contributed by atoms with Gasteiger partial charge in [-0.1, -0.05) is 13.3 Å². The first-order valence-electron chi connectivity index (χ1n) is 6.24. The first-order valence-corrected chi connectivity index (χ1v) is 8.08. The Balaban J connectivity index is 1.85. The Kier molecular flexibility index (Phi) is 5.32. The second-order valence-corrected chi connectivity index (χ2v) is 6.86. The van der Waals surface area contributed by atoms with Crippen molar-refractivity contribution in [1.82, 2.24) is 10.3 Å². The van der Waals surface area contributed by atoms with E-state index >= 15 is 0 Å². The Bertz CT molecular complexity index is 359. The quantitative estimate of drug-likeness (QED) is 0.898. The van der Waals surface area contributed by atoms with E-state index in [-0.39, 0.29) is 0 Å². The standard InChI is InChI=1S/C13H19BrN2S/c1-2-17-13-5-3-4-12(13)16-8-10-6-11(14)9-15-7-10/h6-7,9,12-13,16H,2-5,8H2,1H3. The Labute approximate surface area is 116 Å². The van der Waals surface area contributed by atoms with Gasteiger partial charge in [0.1, 0.15) is 0 Å². The van der Waals surface area contributed by atoms with Gasteiger partial charge in [0.2, 0.25) is 0 Å². The van der Waals surface area contributed by atoms with E-state index in [2.05, 4.69) is 51.0 Å². The van der Waals surface area contributed by atoms with Gasteiger partial charge in [-0.15, -0.1) is 0 Å². The van der Waals surface area contributed by atoms with Crippen LogP contribution in [0.5, 0.6) is 0 Å². The topological polar surface area (TPSA) is 24.9 Å². The molecule has 1 saturated carbocycles. The summed E-state index contributed by atoms with van der Waals surface area (Å²) in [5.74, 6) is 1.22. The molecule has 4 heteroatoms. The lowest BCUT2D eigenvalue weighted by molar-refractivity contribution is 0.531. The third kappa shape index (κ3) is 3.97. The molecule has 1 fully saturated rings. The minimum absolute atomic E-state index is 0.680. The van der Waals surface area contributed by atoms with Crippen molar-refractivity contribution in [2.45, 2.75) is 44.0 Å². The predicted molar refractivity (Wildman–Crippen MR) is 78.3 cm³/mol. The molecule has 0 saturated heterocycles. The van der Waals surface area contributed by atoms with Gasteiger partial charge >= 0.3 is 0 Å². The van der Waals surface area contributed by atoms with E-state index in [9.17, 15) is 0 Å². The summed E-state index contributed by atoms with van der Waals surface area (Å²) < 4.78 is 1.06. The van der Waals surface area contributed by atoms with Crippen molar-refractivity contribution in [3.05, 3.63) is 28.5 Å². The van der Waals surface area contributed by atoms with E-state index < -0.39 is 0 Å². The molecule has 17 heavy (non-hydrogen) atoms. The molecule has 0 bridgehead atoms. The normalized spacial score (nSPS) is 24.1. The van der Waals surface area contributed by atoms with Crippen molar-refractivity contribution in [1.29, 1.82) is 0 Å². The Hall–Kier alpha value is -0.0600. The van der Waals surface area contributed by atoms with Gasteiger partial charge in [0.15, 0.2) is 0 Å². The van der Waals surface area contributed by atoms with Gasteiger partial charge in [-0.25, -0.2) is 0 Å². The number of nitrogens with one attached hydrogen (secondary N) is 1. The number of thioether (sulfide) groups is 1. The number of nitrogens with zero attached hydrogens (tertiary/aromatic N) is 1. The molecule has 0 aromatic carbocycles. The number of halogens is 1. The maximum absolute atomic E-state index is 4.19. The van der Waals surface area contributed by atoms with Crippen molar-refractivity contribution in [3.63, 3.8) is 0 Å². The molecule has 0 radical (unpaired) electrons. The monoisotopic (exact) mass is 314 g/mol. The molecule has 1 aromatic heterocycles. The lowest BCUT2D eigenvalue weighted by Crippen LogP contribution is -2.33. The highest BCUT2D eigenvalue weighted by Crippen LogP contribution is 2.30. The zero-order valence-electron chi connectivity index (χ0n) is 10.2. The second kappa shape index (κ2) is 6.76. The number of hydrogen-bond acceptors (Lipinski definition) is 3. The van der Waals surface area contributed by atoms with E-state index in [1.165, 1.54) is 30.6 Å². The fourth-order valence-electron chi connectivity index (χ4n) is 2.37. The van der Waals surface area contributed by atoms with Crippen LogP contribution in [0.4, 0.5) is 0 Å². The van der Waals surface area contributed by atoms with Crippen molar-refractivity contribution >= 4 is 27.7 Å². The lowest BCUT2D eigenvalue weighted by Gasteiger charge is -2.20. The summed E-state index contributed by atoms with van der Waals surface area (Å²) >= 11 is 5.56. The first-order chi connectivity index (χ1) is 8.29. The minimum atomic E-state index is 0.680. The number of pyridine rings is 1. The largest absolute Gasteiger partial charge is 0.309 e. The fourth-order valence-corrected chi connectivity index (χ4v) is 4.01. The van der Waals surface area contributed by atoms with Gasteiger partial charge in [-0.2, -0.15) is 11.8 Å². The Morgan fingerprint density at radius 3 is 3.12 bits per heavy atom. The number of aromatic nitrogens is 1. The number of hydrogen-bond donors (Lipinski definition) is 1. The summed E-state index contributed by atoms with van der Waals surface area (Å²) in [4.78, 5) is 4.19. The number of rotatable bonds is 5. The van der Waals surface area contributed by atoms with Gasteiger partial charge in [0.25, 0.3) is 0 Å². The molecular formula is C13H19BrN2S. The van der Waals surface area contributed by atoms with Crippen LogP contribution in [0.2, 0.25) is 0 Å². The average Bonchev–Trinajstić information content (AvgIpc) is 2.75. The summed E-state index contributed by atoms with van der Waals surface area (Å²) in [6.07, 6.45) is 7.82.